The summed E-state index contributed by atoms with van der Waals surface area (Å²) < 4.78 is 7.15. The number of nitrogens with one attached hydrogen (secondary N) is 3. The normalized spacial score (nSPS) is 11.9. The highest BCUT2D eigenvalue weighted by Crippen LogP contribution is 2.05. The third-order valence-corrected chi connectivity index (χ3v) is 2.62. The Labute approximate surface area is 137 Å². The van der Waals surface area contributed by atoms with Crippen molar-refractivity contribution in [1.29, 1.82) is 0 Å². The number of nitrogens with zero attached hydrogens (tertiary/aromatic N) is 3. The van der Waals surface area contributed by atoms with Crippen LogP contribution in [0.25, 0.3) is 0 Å². The van der Waals surface area contributed by atoms with E-state index in [2.05, 4.69) is 25.9 Å². The average Bonchev–Trinajstić information content (AvgIpc) is 2.94. The lowest BCUT2D eigenvalue weighted by atomic mass is 10.2. The van der Waals surface area contributed by atoms with Crippen molar-refractivity contribution in [3.8, 4) is 0 Å². The number of ether oxygens (including phenoxy) is 1. The molecule has 0 saturated carbocycles. The van der Waals surface area contributed by atoms with E-state index in [0.29, 0.717) is 13.1 Å². The van der Waals surface area contributed by atoms with E-state index < -0.39 is 11.7 Å². The summed E-state index contributed by atoms with van der Waals surface area (Å²) in [4.78, 5) is 19.9. The van der Waals surface area contributed by atoms with E-state index in [-0.39, 0.29) is 0 Å². The molecule has 1 aromatic rings. The van der Waals surface area contributed by atoms with E-state index >= 15 is 0 Å². The van der Waals surface area contributed by atoms with Crippen molar-refractivity contribution < 1.29 is 9.53 Å². The van der Waals surface area contributed by atoms with Crippen molar-refractivity contribution in [2.75, 3.05) is 26.2 Å². The fraction of sp³-hybridized carbons (Fsp3) is 0.667. The number of imidazole rings is 1. The number of rotatable bonds is 7. The summed E-state index contributed by atoms with van der Waals surface area (Å²) >= 11 is 0. The second-order valence-corrected chi connectivity index (χ2v) is 5.92. The van der Waals surface area contributed by atoms with Gasteiger partial charge in [-0.15, -0.1) is 0 Å². The van der Waals surface area contributed by atoms with Crippen LogP contribution < -0.4 is 16.0 Å². The zero-order valence-electron chi connectivity index (χ0n) is 14.4. The smallest absolute Gasteiger partial charge is 0.407 e. The molecule has 0 saturated heterocycles. The number of carbonyl (C=O) groups excluding carboxylic acids is 1. The van der Waals surface area contributed by atoms with E-state index in [0.717, 1.165) is 25.6 Å². The maximum absolute atomic E-state index is 11.5. The molecule has 1 heterocycles. The molecule has 1 amide bonds. The van der Waals surface area contributed by atoms with Crippen molar-refractivity contribution in [2.24, 2.45) is 4.99 Å². The van der Waals surface area contributed by atoms with E-state index in [1.54, 1.807) is 12.5 Å². The van der Waals surface area contributed by atoms with Gasteiger partial charge in [0.25, 0.3) is 0 Å². The topological polar surface area (TPSA) is 92.6 Å². The molecule has 0 atom stereocenters. The molecule has 130 valence electrons. The summed E-state index contributed by atoms with van der Waals surface area (Å²) in [5.74, 6) is 0.721. The number of alkyl carbamates (subject to hydrolysis) is 1. The molecule has 0 aliphatic carbocycles. The van der Waals surface area contributed by atoms with Gasteiger partial charge in [-0.05, 0) is 27.7 Å². The molecule has 0 spiro atoms. The molecule has 1 rings (SSSR count). The number of hydrogen-bond donors (Lipinski definition) is 3. The van der Waals surface area contributed by atoms with Crippen molar-refractivity contribution >= 4 is 12.1 Å². The summed E-state index contributed by atoms with van der Waals surface area (Å²) in [6, 6.07) is 0. The number of carbonyl (C=O) groups is 1. The first kappa shape index (κ1) is 18.8. The monoisotopic (exact) mass is 324 g/mol. The lowest BCUT2D eigenvalue weighted by molar-refractivity contribution is 0.0529. The number of guanidine groups is 1. The van der Waals surface area contributed by atoms with Crippen molar-refractivity contribution in [3.63, 3.8) is 0 Å². The Bertz CT molecular complexity index is 479. The summed E-state index contributed by atoms with van der Waals surface area (Å²) in [5, 5.41) is 9.07. The Morgan fingerprint density at radius 2 is 2.04 bits per heavy atom. The van der Waals surface area contributed by atoms with Gasteiger partial charge in [-0.2, -0.15) is 0 Å². The van der Waals surface area contributed by atoms with Gasteiger partial charge in [0, 0.05) is 38.6 Å². The van der Waals surface area contributed by atoms with Gasteiger partial charge in [-0.25, -0.2) is 9.78 Å². The highest BCUT2D eigenvalue weighted by Gasteiger charge is 2.15. The maximum Gasteiger partial charge on any atom is 0.407 e. The fourth-order valence-corrected chi connectivity index (χ4v) is 1.70. The van der Waals surface area contributed by atoms with E-state index in [1.807, 2.05) is 38.5 Å². The number of aliphatic imine (C=N–C) groups is 1. The molecule has 3 N–H and O–H groups in total. The quantitative estimate of drug-likeness (QED) is 0.395. The molecule has 8 heteroatoms. The van der Waals surface area contributed by atoms with Crippen LogP contribution in [0.5, 0.6) is 0 Å². The lowest BCUT2D eigenvalue weighted by Gasteiger charge is -2.19. The Kier molecular flexibility index (Phi) is 7.93. The van der Waals surface area contributed by atoms with Gasteiger partial charge < -0.3 is 25.3 Å². The average molecular weight is 324 g/mol. The minimum absolute atomic E-state index is 0.424. The van der Waals surface area contributed by atoms with Crippen LogP contribution in [-0.4, -0.2) is 53.4 Å². The SMILES string of the molecule is CCNC(=NCCNC(=O)OC(C)(C)C)NCCn1ccnc1. The Morgan fingerprint density at radius 1 is 1.26 bits per heavy atom. The number of aromatic nitrogens is 2. The third kappa shape index (κ3) is 9.38. The largest absolute Gasteiger partial charge is 0.444 e. The van der Waals surface area contributed by atoms with Gasteiger partial charge >= 0.3 is 6.09 Å². The molecule has 1 aromatic heterocycles. The van der Waals surface area contributed by atoms with Crippen LogP contribution in [0.1, 0.15) is 27.7 Å². The second-order valence-electron chi connectivity index (χ2n) is 5.92. The molecule has 0 radical (unpaired) electrons. The van der Waals surface area contributed by atoms with Crippen LogP contribution in [-0.2, 0) is 11.3 Å². The van der Waals surface area contributed by atoms with Gasteiger partial charge in [-0.1, -0.05) is 0 Å². The molecule has 0 aromatic carbocycles. The second kappa shape index (κ2) is 9.70. The van der Waals surface area contributed by atoms with Gasteiger partial charge in [0.1, 0.15) is 5.60 Å². The van der Waals surface area contributed by atoms with E-state index in [9.17, 15) is 4.79 Å². The van der Waals surface area contributed by atoms with Gasteiger partial charge in [0.15, 0.2) is 5.96 Å². The van der Waals surface area contributed by atoms with Crippen LogP contribution in [0, 0.1) is 0 Å². The zero-order valence-corrected chi connectivity index (χ0v) is 14.4. The van der Waals surface area contributed by atoms with Crippen molar-refractivity contribution in [3.05, 3.63) is 18.7 Å². The van der Waals surface area contributed by atoms with Crippen LogP contribution in [0.15, 0.2) is 23.7 Å². The highest BCUT2D eigenvalue weighted by molar-refractivity contribution is 5.79. The first-order valence-corrected chi connectivity index (χ1v) is 7.85. The summed E-state index contributed by atoms with van der Waals surface area (Å²) in [6.07, 6.45) is 5.01. The molecule has 8 nitrogen and oxygen atoms in total. The first-order valence-electron chi connectivity index (χ1n) is 7.85. The number of amides is 1. The standard InChI is InChI=1S/C15H28N6O2/c1-5-17-13(19-9-11-21-10-8-16-12-21)18-6-7-20-14(22)23-15(2,3)4/h8,10,12H,5-7,9,11H2,1-4H3,(H,20,22)(H2,17,18,19). The first-order chi connectivity index (χ1) is 10.9. The molecule has 0 aliphatic heterocycles. The zero-order chi connectivity index (χ0) is 17.1. The molecular formula is C15H28N6O2. The molecule has 23 heavy (non-hydrogen) atoms. The Morgan fingerprint density at radius 3 is 2.65 bits per heavy atom. The number of hydrogen-bond acceptors (Lipinski definition) is 4. The Balaban J connectivity index is 2.27. The van der Waals surface area contributed by atoms with Crippen LogP contribution >= 0.6 is 0 Å². The summed E-state index contributed by atoms with van der Waals surface area (Å²) in [5.41, 5.74) is -0.489. The van der Waals surface area contributed by atoms with Crippen LogP contribution in [0.2, 0.25) is 0 Å². The Hall–Kier alpha value is -2.25. The van der Waals surface area contributed by atoms with Gasteiger partial charge in [0.2, 0.25) is 0 Å². The molecule has 0 unspecified atom stereocenters. The summed E-state index contributed by atoms with van der Waals surface area (Å²) in [6.45, 7) is 10.7. The van der Waals surface area contributed by atoms with Crippen molar-refractivity contribution in [2.45, 2.75) is 39.8 Å². The predicted molar refractivity (Wildman–Crippen MR) is 90.4 cm³/mol. The molecule has 0 bridgehead atoms. The molecular weight excluding hydrogens is 296 g/mol. The maximum atomic E-state index is 11.5. The lowest BCUT2D eigenvalue weighted by Crippen LogP contribution is -2.39. The van der Waals surface area contributed by atoms with Gasteiger partial charge in [0.05, 0.1) is 12.9 Å². The highest BCUT2D eigenvalue weighted by atomic mass is 16.6. The summed E-state index contributed by atoms with van der Waals surface area (Å²) in [7, 11) is 0. The van der Waals surface area contributed by atoms with Crippen molar-refractivity contribution in [1.82, 2.24) is 25.5 Å². The predicted octanol–water partition coefficient (Wildman–Crippen LogP) is 0.963. The van der Waals surface area contributed by atoms with Crippen LogP contribution in [0.4, 0.5) is 4.79 Å². The fourth-order valence-electron chi connectivity index (χ4n) is 1.70. The minimum atomic E-state index is -0.489. The third-order valence-electron chi connectivity index (χ3n) is 2.62. The van der Waals surface area contributed by atoms with Gasteiger partial charge in [-0.3, -0.25) is 4.99 Å². The molecule has 0 fully saturated rings. The van der Waals surface area contributed by atoms with Crippen LogP contribution in [0.3, 0.4) is 0 Å². The van der Waals surface area contributed by atoms with E-state index in [1.165, 1.54) is 0 Å². The van der Waals surface area contributed by atoms with E-state index in [4.69, 9.17) is 4.74 Å². The molecule has 0 aliphatic rings. The minimum Gasteiger partial charge on any atom is -0.444 e.